The van der Waals surface area contributed by atoms with Crippen molar-refractivity contribution in [3.8, 4) is 22.9 Å². The van der Waals surface area contributed by atoms with Crippen LogP contribution < -0.4 is 10.1 Å². The third kappa shape index (κ3) is 7.12. The predicted octanol–water partition coefficient (Wildman–Crippen LogP) is 4.02. The van der Waals surface area contributed by atoms with E-state index < -0.39 is 18.0 Å². The monoisotopic (exact) mass is 495 g/mol. The average molecular weight is 496 g/mol. The van der Waals surface area contributed by atoms with Crippen LogP contribution in [-0.4, -0.2) is 55.7 Å². The summed E-state index contributed by atoms with van der Waals surface area (Å²) in [5.41, 5.74) is 2.54. The van der Waals surface area contributed by atoms with Crippen molar-refractivity contribution >= 4 is 11.9 Å². The summed E-state index contributed by atoms with van der Waals surface area (Å²) in [6.45, 7) is 7.36. The number of nitrogens with zero attached hydrogens (tertiary/aromatic N) is 2. The van der Waals surface area contributed by atoms with Gasteiger partial charge in [0.2, 0.25) is 0 Å². The van der Waals surface area contributed by atoms with Crippen LogP contribution in [0.25, 0.3) is 11.1 Å². The van der Waals surface area contributed by atoms with Gasteiger partial charge in [0.15, 0.2) is 0 Å². The second kappa shape index (κ2) is 12.6. The van der Waals surface area contributed by atoms with Crippen molar-refractivity contribution in [1.29, 1.82) is 5.26 Å². The fraction of sp³-hybridized carbons (Fsp3) is 0.464. The Morgan fingerprint density at radius 3 is 2.67 bits per heavy atom. The highest BCUT2D eigenvalue weighted by Crippen LogP contribution is 2.28. The summed E-state index contributed by atoms with van der Waals surface area (Å²) in [6, 6.07) is 11.3. The SMILES string of the molecule is CCC(C)C(=O)Oc1ccc(-c2ccc(C[C@@H](C#N)NC(=O)[C@@H]3CN(C)CCCO3)c(F)c2)cc1C. The van der Waals surface area contributed by atoms with Gasteiger partial charge in [-0.15, -0.1) is 0 Å². The zero-order valence-corrected chi connectivity index (χ0v) is 21.3. The van der Waals surface area contributed by atoms with Gasteiger partial charge in [0.1, 0.15) is 23.7 Å². The van der Waals surface area contributed by atoms with E-state index in [2.05, 4.69) is 11.4 Å². The first kappa shape index (κ1) is 27.3. The van der Waals surface area contributed by atoms with Crippen LogP contribution in [0.4, 0.5) is 4.39 Å². The van der Waals surface area contributed by atoms with Crippen LogP contribution in [0.15, 0.2) is 36.4 Å². The van der Waals surface area contributed by atoms with Crippen LogP contribution >= 0.6 is 0 Å². The van der Waals surface area contributed by atoms with Gasteiger partial charge in [0, 0.05) is 26.1 Å². The van der Waals surface area contributed by atoms with Gasteiger partial charge in [0.25, 0.3) is 5.91 Å². The van der Waals surface area contributed by atoms with Crippen molar-refractivity contribution in [3.05, 3.63) is 53.3 Å². The van der Waals surface area contributed by atoms with Crippen molar-refractivity contribution in [2.45, 2.75) is 52.2 Å². The number of esters is 1. The number of nitriles is 1. The first-order valence-electron chi connectivity index (χ1n) is 12.3. The van der Waals surface area contributed by atoms with Gasteiger partial charge < -0.3 is 19.7 Å². The van der Waals surface area contributed by atoms with Crippen LogP contribution in [0, 0.1) is 30.0 Å². The van der Waals surface area contributed by atoms with E-state index in [1.165, 1.54) is 6.07 Å². The number of rotatable bonds is 8. The number of benzene rings is 2. The first-order valence-corrected chi connectivity index (χ1v) is 12.3. The Morgan fingerprint density at radius 2 is 2.00 bits per heavy atom. The molecule has 8 heteroatoms. The number of amides is 1. The summed E-state index contributed by atoms with van der Waals surface area (Å²) in [4.78, 5) is 26.7. The number of hydrogen-bond donors (Lipinski definition) is 1. The molecule has 1 unspecified atom stereocenters. The van der Waals surface area contributed by atoms with E-state index in [9.17, 15) is 19.2 Å². The van der Waals surface area contributed by atoms with Crippen LogP contribution in [-0.2, 0) is 20.7 Å². The molecule has 1 heterocycles. The molecule has 7 nitrogen and oxygen atoms in total. The Kier molecular flexibility index (Phi) is 9.57. The highest BCUT2D eigenvalue weighted by Gasteiger charge is 2.26. The quantitative estimate of drug-likeness (QED) is 0.439. The molecule has 1 aliphatic heterocycles. The Balaban J connectivity index is 1.67. The minimum absolute atomic E-state index is 0.0421. The molecule has 1 fully saturated rings. The normalized spacial score (nSPS) is 17.9. The predicted molar refractivity (Wildman–Crippen MR) is 135 cm³/mol. The molecule has 1 aliphatic rings. The summed E-state index contributed by atoms with van der Waals surface area (Å²) < 4.78 is 26.1. The number of likely N-dealkylation sites (N-methyl/N-ethyl adjacent to an activating group) is 1. The largest absolute Gasteiger partial charge is 0.426 e. The maximum atomic E-state index is 15.0. The van der Waals surface area contributed by atoms with Crippen LogP contribution in [0.5, 0.6) is 5.75 Å². The maximum absolute atomic E-state index is 15.0. The Bertz CT molecular complexity index is 1130. The van der Waals surface area contributed by atoms with Crippen molar-refractivity contribution in [1.82, 2.24) is 10.2 Å². The molecule has 1 amide bonds. The van der Waals surface area contributed by atoms with Gasteiger partial charge in [-0.25, -0.2) is 4.39 Å². The second-order valence-corrected chi connectivity index (χ2v) is 9.39. The summed E-state index contributed by atoms with van der Waals surface area (Å²) in [7, 11) is 1.92. The summed E-state index contributed by atoms with van der Waals surface area (Å²) in [5.74, 6) is -0.804. The van der Waals surface area contributed by atoms with Gasteiger partial charge in [0.05, 0.1) is 12.0 Å². The molecule has 1 N–H and O–H groups in total. The minimum atomic E-state index is -0.878. The molecule has 192 valence electrons. The number of carbonyl (C=O) groups is 2. The fourth-order valence-electron chi connectivity index (χ4n) is 3.97. The molecule has 0 spiro atoms. The average Bonchev–Trinajstić information content (AvgIpc) is 3.09. The summed E-state index contributed by atoms with van der Waals surface area (Å²) in [6.07, 6.45) is 0.922. The maximum Gasteiger partial charge on any atom is 0.314 e. The standard InChI is InChI=1S/C28H34FN3O4/c1-5-18(2)28(34)36-25-10-9-20(13-19(25)3)21-7-8-22(24(29)15-21)14-23(16-30)31-27(33)26-17-32(4)11-6-12-35-26/h7-10,13,15,18,23,26H,5-6,11-12,14,17H2,1-4H3,(H,31,33)/t18?,23-,26-/m0/s1. The molecule has 2 aromatic rings. The molecule has 3 atom stereocenters. The van der Waals surface area contributed by atoms with E-state index in [1.54, 1.807) is 24.3 Å². The highest BCUT2D eigenvalue weighted by atomic mass is 19.1. The fourth-order valence-corrected chi connectivity index (χ4v) is 3.97. The summed E-state index contributed by atoms with van der Waals surface area (Å²) in [5, 5.41) is 12.2. The van der Waals surface area contributed by atoms with Gasteiger partial charge in [-0.3, -0.25) is 9.59 Å². The number of carbonyl (C=O) groups excluding carboxylic acids is 2. The van der Waals surface area contributed by atoms with Gasteiger partial charge in [-0.2, -0.15) is 5.26 Å². The lowest BCUT2D eigenvalue weighted by molar-refractivity contribution is -0.138. The lowest BCUT2D eigenvalue weighted by Gasteiger charge is -2.21. The Labute approximate surface area is 212 Å². The molecule has 0 saturated carbocycles. The van der Waals surface area contributed by atoms with Crippen LogP contribution in [0.3, 0.4) is 0 Å². The number of nitrogens with one attached hydrogen (secondary N) is 1. The lowest BCUT2D eigenvalue weighted by atomic mass is 9.99. The zero-order chi connectivity index (χ0) is 26.2. The molecule has 0 bridgehead atoms. The van der Waals surface area contributed by atoms with Crippen molar-refractivity contribution in [2.75, 3.05) is 26.7 Å². The van der Waals surface area contributed by atoms with Gasteiger partial charge in [-0.05, 0) is 67.3 Å². The molecule has 2 aromatic carbocycles. The van der Waals surface area contributed by atoms with Crippen molar-refractivity contribution < 1.29 is 23.5 Å². The molecular formula is C28H34FN3O4. The number of aryl methyl sites for hydroxylation is 1. The van der Waals surface area contributed by atoms with Crippen LogP contribution in [0.2, 0.25) is 0 Å². The Morgan fingerprint density at radius 1 is 1.28 bits per heavy atom. The first-order chi connectivity index (χ1) is 17.2. The van der Waals surface area contributed by atoms with E-state index in [-0.39, 0.29) is 24.2 Å². The van der Waals surface area contributed by atoms with Crippen molar-refractivity contribution in [3.63, 3.8) is 0 Å². The van der Waals surface area contributed by atoms with E-state index in [1.807, 2.05) is 38.8 Å². The lowest BCUT2D eigenvalue weighted by Crippen LogP contribution is -2.46. The van der Waals surface area contributed by atoms with E-state index in [4.69, 9.17) is 9.47 Å². The topological polar surface area (TPSA) is 91.7 Å². The Hall–Kier alpha value is -3.28. The molecule has 1 saturated heterocycles. The summed E-state index contributed by atoms with van der Waals surface area (Å²) >= 11 is 0. The number of ether oxygens (including phenoxy) is 2. The van der Waals surface area contributed by atoms with E-state index in [0.29, 0.717) is 36.4 Å². The highest BCUT2D eigenvalue weighted by molar-refractivity contribution is 5.81. The third-order valence-electron chi connectivity index (χ3n) is 6.46. The molecule has 3 rings (SSSR count). The molecule has 36 heavy (non-hydrogen) atoms. The number of hydrogen-bond acceptors (Lipinski definition) is 6. The third-order valence-corrected chi connectivity index (χ3v) is 6.46. The molecule has 0 aliphatic carbocycles. The van der Waals surface area contributed by atoms with E-state index >= 15 is 0 Å². The molecule has 0 radical (unpaired) electrons. The molecular weight excluding hydrogens is 461 g/mol. The molecule has 0 aromatic heterocycles. The van der Waals surface area contributed by atoms with Crippen LogP contribution in [0.1, 0.15) is 37.8 Å². The minimum Gasteiger partial charge on any atom is -0.426 e. The zero-order valence-electron chi connectivity index (χ0n) is 21.3. The smallest absolute Gasteiger partial charge is 0.314 e. The van der Waals surface area contributed by atoms with Crippen molar-refractivity contribution in [2.24, 2.45) is 5.92 Å². The van der Waals surface area contributed by atoms with E-state index in [0.717, 1.165) is 24.1 Å². The second-order valence-electron chi connectivity index (χ2n) is 9.39. The van der Waals surface area contributed by atoms with Gasteiger partial charge in [-0.1, -0.05) is 32.0 Å². The number of halogens is 1. The van der Waals surface area contributed by atoms with Gasteiger partial charge >= 0.3 is 5.97 Å².